The number of nitriles is 1. The van der Waals surface area contributed by atoms with Gasteiger partial charge in [0.2, 0.25) is 0 Å². The van der Waals surface area contributed by atoms with Crippen molar-refractivity contribution < 1.29 is 17.9 Å². The predicted molar refractivity (Wildman–Crippen MR) is 90.7 cm³/mol. The summed E-state index contributed by atoms with van der Waals surface area (Å²) < 4.78 is 28.5. The molecule has 0 aliphatic heterocycles. The number of hydrogen-bond acceptors (Lipinski definition) is 5. The van der Waals surface area contributed by atoms with Crippen molar-refractivity contribution in [3.63, 3.8) is 0 Å². The zero-order valence-electron chi connectivity index (χ0n) is 13.2. The van der Waals surface area contributed by atoms with Crippen molar-refractivity contribution in [3.8, 4) is 17.2 Å². The summed E-state index contributed by atoms with van der Waals surface area (Å²) in [6.07, 6.45) is -0.146. The average molecular weight is 343 g/mol. The molecule has 0 aliphatic carbocycles. The molecule has 0 heterocycles. The standard InChI is InChI=1S/C18H17NO4S/c1-23-18(20)10-11-24(21,22)13-14-6-8-15(9-7-14)17-5-3-2-4-16(17)12-19/h2-9H,10-11,13H2,1H3. The van der Waals surface area contributed by atoms with Crippen molar-refractivity contribution in [1.29, 1.82) is 5.26 Å². The number of carbonyl (C=O) groups is 1. The van der Waals surface area contributed by atoms with Gasteiger partial charge in [0, 0.05) is 0 Å². The molecule has 0 unspecified atom stereocenters. The van der Waals surface area contributed by atoms with Crippen LogP contribution in [0.2, 0.25) is 0 Å². The SMILES string of the molecule is COC(=O)CCS(=O)(=O)Cc1ccc(-c2ccccc2C#N)cc1. The van der Waals surface area contributed by atoms with Crippen LogP contribution in [0.25, 0.3) is 11.1 Å². The van der Waals surface area contributed by atoms with Crippen LogP contribution in [-0.2, 0) is 25.1 Å². The van der Waals surface area contributed by atoms with E-state index in [0.29, 0.717) is 11.1 Å². The largest absolute Gasteiger partial charge is 0.469 e. The molecule has 2 rings (SSSR count). The lowest BCUT2D eigenvalue weighted by Crippen LogP contribution is -2.14. The van der Waals surface area contributed by atoms with E-state index >= 15 is 0 Å². The molecule has 0 aliphatic rings. The minimum atomic E-state index is -3.38. The van der Waals surface area contributed by atoms with Crippen LogP contribution in [0.5, 0.6) is 0 Å². The smallest absolute Gasteiger partial charge is 0.306 e. The summed E-state index contributed by atoms with van der Waals surface area (Å²) in [6, 6.07) is 16.4. The second kappa shape index (κ2) is 7.75. The van der Waals surface area contributed by atoms with E-state index < -0.39 is 15.8 Å². The number of methoxy groups -OCH3 is 1. The van der Waals surface area contributed by atoms with Gasteiger partial charge in [0.15, 0.2) is 9.84 Å². The van der Waals surface area contributed by atoms with Crippen molar-refractivity contribution in [2.75, 3.05) is 12.9 Å². The van der Waals surface area contributed by atoms with E-state index in [-0.39, 0.29) is 17.9 Å². The summed E-state index contributed by atoms with van der Waals surface area (Å²) in [4.78, 5) is 11.1. The van der Waals surface area contributed by atoms with Gasteiger partial charge in [-0.2, -0.15) is 5.26 Å². The third-order valence-electron chi connectivity index (χ3n) is 3.54. The van der Waals surface area contributed by atoms with Gasteiger partial charge >= 0.3 is 5.97 Å². The van der Waals surface area contributed by atoms with Gasteiger partial charge in [-0.1, -0.05) is 42.5 Å². The van der Waals surface area contributed by atoms with Gasteiger partial charge in [0.25, 0.3) is 0 Å². The lowest BCUT2D eigenvalue weighted by molar-refractivity contribution is -0.140. The first kappa shape index (κ1) is 17.7. The monoisotopic (exact) mass is 343 g/mol. The Bertz CT molecular complexity index is 865. The Morgan fingerprint density at radius 3 is 2.42 bits per heavy atom. The van der Waals surface area contributed by atoms with E-state index in [2.05, 4.69) is 10.8 Å². The summed E-state index contributed by atoms with van der Waals surface area (Å²) in [7, 11) is -2.15. The fourth-order valence-corrected chi connectivity index (χ4v) is 3.60. The number of rotatable bonds is 6. The van der Waals surface area contributed by atoms with Gasteiger partial charge < -0.3 is 4.74 Å². The van der Waals surface area contributed by atoms with E-state index in [0.717, 1.165) is 11.1 Å². The maximum Gasteiger partial charge on any atom is 0.306 e. The minimum Gasteiger partial charge on any atom is -0.469 e. The molecule has 5 nitrogen and oxygen atoms in total. The number of hydrogen-bond donors (Lipinski definition) is 0. The molecular formula is C18H17NO4S. The van der Waals surface area contributed by atoms with Gasteiger partial charge in [-0.3, -0.25) is 4.79 Å². The fourth-order valence-electron chi connectivity index (χ4n) is 2.28. The van der Waals surface area contributed by atoms with Crippen LogP contribution in [-0.4, -0.2) is 27.2 Å². The highest BCUT2D eigenvalue weighted by molar-refractivity contribution is 7.90. The molecule has 0 amide bonds. The Labute approximate surface area is 141 Å². The van der Waals surface area contributed by atoms with Gasteiger partial charge in [-0.25, -0.2) is 8.42 Å². The molecule has 24 heavy (non-hydrogen) atoms. The Kier molecular flexibility index (Phi) is 5.72. The van der Waals surface area contributed by atoms with Gasteiger partial charge in [0.05, 0.1) is 36.7 Å². The lowest BCUT2D eigenvalue weighted by Gasteiger charge is -2.07. The summed E-state index contributed by atoms with van der Waals surface area (Å²) in [5, 5.41) is 9.14. The second-order valence-corrected chi connectivity index (χ2v) is 7.46. The molecule has 0 spiro atoms. The van der Waals surface area contributed by atoms with E-state index in [9.17, 15) is 13.2 Å². The van der Waals surface area contributed by atoms with Crippen LogP contribution in [0.1, 0.15) is 17.5 Å². The molecule has 0 saturated heterocycles. The molecule has 2 aromatic rings. The number of esters is 1. The summed E-state index contributed by atoms with van der Waals surface area (Å²) in [5.41, 5.74) is 2.86. The molecule has 0 atom stereocenters. The van der Waals surface area contributed by atoms with Crippen molar-refractivity contribution in [1.82, 2.24) is 0 Å². The van der Waals surface area contributed by atoms with Gasteiger partial charge in [-0.15, -0.1) is 0 Å². The molecular weight excluding hydrogens is 326 g/mol. The van der Waals surface area contributed by atoms with Crippen LogP contribution in [0.15, 0.2) is 48.5 Å². The Morgan fingerprint density at radius 1 is 1.12 bits per heavy atom. The zero-order valence-corrected chi connectivity index (χ0v) is 14.0. The van der Waals surface area contributed by atoms with E-state index in [1.807, 2.05) is 12.1 Å². The second-order valence-electron chi connectivity index (χ2n) is 5.27. The van der Waals surface area contributed by atoms with Crippen molar-refractivity contribution in [2.45, 2.75) is 12.2 Å². The first-order valence-electron chi connectivity index (χ1n) is 7.31. The Balaban J connectivity index is 2.13. The molecule has 0 aromatic heterocycles. The average Bonchev–Trinajstić information content (AvgIpc) is 2.60. The van der Waals surface area contributed by atoms with Crippen LogP contribution in [0.3, 0.4) is 0 Å². The quantitative estimate of drug-likeness (QED) is 0.753. The maximum absolute atomic E-state index is 12.0. The molecule has 0 fully saturated rings. The number of benzene rings is 2. The van der Waals surface area contributed by atoms with Gasteiger partial charge in [0.1, 0.15) is 0 Å². The zero-order chi connectivity index (χ0) is 17.6. The Hall–Kier alpha value is -2.65. The third kappa shape index (κ3) is 4.67. The molecule has 2 aromatic carbocycles. The predicted octanol–water partition coefficient (Wildman–Crippen LogP) is 2.70. The summed E-state index contributed by atoms with van der Waals surface area (Å²) in [5.74, 6) is -0.912. The first-order valence-corrected chi connectivity index (χ1v) is 9.13. The number of carbonyl (C=O) groups excluding carboxylic acids is 1. The highest BCUT2D eigenvalue weighted by Gasteiger charge is 2.15. The highest BCUT2D eigenvalue weighted by atomic mass is 32.2. The molecule has 124 valence electrons. The van der Waals surface area contributed by atoms with E-state index in [1.54, 1.807) is 36.4 Å². The Morgan fingerprint density at radius 2 is 1.79 bits per heavy atom. The molecule has 0 saturated carbocycles. The molecule has 0 N–H and O–H groups in total. The van der Waals surface area contributed by atoms with Crippen LogP contribution in [0.4, 0.5) is 0 Å². The molecule has 6 heteroatoms. The fraction of sp³-hybridized carbons (Fsp3) is 0.222. The number of sulfone groups is 1. The normalized spacial score (nSPS) is 10.8. The number of ether oxygens (including phenoxy) is 1. The summed E-state index contributed by atoms with van der Waals surface area (Å²) in [6.45, 7) is 0. The van der Waals surface area contributed by atoms with E-state index in [4.69, 9.17) is 5.26 Å². The minimum absolute atomic E-state index is 0.135. The summed E-state index contributed by atoms with van der Waals surface area (Å²) >= 11 is 0. The topological polar surface area (TPSA) is 84.2 Å². The van der Waals surface area contributed by atoms with Crippen molar-refractivity contribution in [2.24, 2.45) is 0 Å². The van der Waals surface area contributed by atoms with Crippen molar-refractivity contribution in [3.05, 3.63) is 59.7 Å². The first-order chi connectivity index (χ1) is 11.4. The maximum atomic E-state index is 12.0. The van der Waals surface area contributed by atoms with Crippen molar-refractivity contribution >= 4 is 15.8 Å². The van der Waals surface area contributed by atoms with E-state index in [1.165, 1.54) is 7.11 Å². The number of nitrogens with zero attached hydrogens (tertiary/aromatic N) is 1. The van der Waals surface area contributed by atoms with Crippen LogP contribution < -0.4 is 0 Å². The van der Waals surface area contributed by atoms with Crippen LogP contribution >= 0.6 is 0 Å². The third-order valence-corrected chi connectivity index (χ3v) is 5.14. The van der Waals surface area contributed by atoms with Crippen LogP contribution in [0, 0.1) is 11.3 Å². The molecule has 0 radical (unpaired) electrons. The van der Waals surface area contributed by atoms with Gasteiger partial charge in [-0.05, 0) is 22.8 Å². The highest BCUT2D eigenvalue weighted by Crippen LogP contribution is 2.24. The lowest BCUT2D eigenvalue weighted by atomic mass is 10.00. The molecule has 0 bridgehead atoms.